The summed E-state index contributed by atoms with van der Waals surface area (Å²) in [5.41, 5.74) is 0.544. The molecule has 1 N–H and O–H groups in total. The topological polar surface area (TPSA) is 66.5 Å². The summed E-state index contributed by atoms with van der Waals surface area (Å²) in [5.74, 6) is -1.44. The van der Waals surface area contributed by atoms with Crippen LogP contribution in [0.25, 0.3) is 0 Å². The highest BCUT2D eigenvalue weighted by Gasteiger charge is 2.28. The fraction of sp³-hybridized carbons (Fsp3) is 0.235. The van der Waals surface area contributed by atoms with Gasteiger partial charge in [0.2, 0.25) is 10.0 Å². The molecule has 27 heavy (non-hydrogen) atoms. The summed E-state index contributed by atoms with van der Waals surface area (Å²) in [6.45, 7) is -1.48. The standard InChI is InChI=1S/C17H16F4N2O3S/c1-23(27(25,26)15-8-6-14(18)7-9-15)10-12-2-4-13(5-3-12)16(24)22-11-17(19,20)21/h2-9H,10-11H2,1H3,(H,22,24). The maximum Gasteiger partial charge on any atom is 0.405 e. The average molecular weight is 404 g/mol. The lowest BCUT2D eigenvalue weighted by Crippen LogP contribution is -2.33. The highest BCUT2D eigenvalue weighted by molar-refractivity contribution is 7.89. The van der Waals surface area contributed by atoms with Crippen LogP contribution >= 0.6 is 0 Å². The minimum atomic E-state index is -4.51. The number of alkyl halides is 3. The van der Waals surface area contributed by atoms with Gasteiger partial charge in [0.15, 0.2) is 0 Å². The number of hydrogen-bond donors (Lipinski definition) is 1. The summed E-state index contributed by atoms with van der Waals surface area (Å²) >= 11 is 0. The van der Waals surface area contributed by atoms with Crippen molar-refractivity contribution in [2.75, 3.05) is 13.6 Å². The molecule has 2 aromatic carbocycles. The van der Waals surface area contributed by atoms with Crippen LogP contribution in [0.4, 0.5) is 17.6 Å². The molecule has 0 bridgehead atoms. The molecule has 10 heteroatoms. The first-order valence-corrected chi connectivity index (χ1v) is 9.09. The summed E-state index contributed by atoms with van der Waals surface area (Å²) in [6, 6.07) is 9.87. The lowest BCUT2D eigenvalue weighted by atomic mass is 10.1. The average Bonchev–Trinajstić information content (AvgIpc) is 2.60. The Kier molecular flexibility index (Phi) is 6.22. The summed E-state index contributed by atoms with van der Waals surface area (Å²) in [7, 11) is -2.51. The molecule has 0 saturated carbocycles. The molecule has 0 fully saturated rings. The van der Waals surface area contributed by atoms with Gasteiger partial charge in [0.1, 0.15) is 12.4 Å². The molecule has 2 aromatic rings. The van der Waals surface area contributed by atoms with E-state index in [4.69, 9.17) is 0 Å². The minimum absolute atomic E-state index is 0.0204. The second kappa shape index (κ2) is 8.05. The van der Waals surface area contributed by atoms with Crippen LogP contribution in [-0.4, -0.2) is 38.4 Å². The number of rotatable bonds is 6. The van der Waals surface area contributed by atoms with E-state index in [1.165, 1.54) is 31.3 Å². The molecule has 0 aliphatic rings. The first-order valence-electron chi connectivity index (χ1n) is 7.65. The van der Waals surface area contributed by atoms with E-state index >= 15 is 0 Å². The van der Waals surface area contributed by atoms with Crippen molar-refractivity contribution in [3.8, 4) is 0 Å². The molecule has 1 amide bonds. The van der Waals surface area contributed by atoms with Crippen molar-refractivity contribution in [2.24, 2.45) is 0 Å². The van der Waals surface area contributed by atoms with Gasteiger partial charge in [-0.3, -0.25) is 4.79 Å². The van der Waals surface area contributed by atoms with Gasteiger partial charge in [-0.2, -0.15) is 17.5 Å². The molecule has 0 aliphatic carbocycles. The van der Waals surface area contributed by atoms with Crippen LogP contribution in [0.3, 0.4) is 0 Å². The van der Waals surface area contributed by atoms with Gasteiger partial charge in [0, 0.05) is 19.2 Å². The highest BCUT2D eigenvalue weighted by atomic mass is 32.2. The maximum atomic E-state index is 12.9. The monoisotopic (exact) mass is 404 g/mol. The maximum absolute atomic E-state index is 12.9. The third-order valence-electron chi connectivity index (χ3n) is 3.59. The second-order valence-corrected chi connectivity index (χ2v) is 7.75. The largest absolute Gasteiger partial charge is 0.405 e. The Morgan fingerprint density at radius 1 is 1.04 bits per heavy atom. The number of carbonyl (C=O) groups excluding carboxylic acids is 1. The number of amides is 1. The Bertz CT molecular complexity index is 895. The quantitative estimate of drug-likeness (QED) is 0.753. The Labute approximate surface area is 153 Å². The van der Waals surface area contributed by atoms with Crippen LogP contribution in [-0.2, 0) is 16.6 Å². The van der Waals surface area contributed by atoms with Crippen LogP contribution in [0, 0.1) is 5.82 Å². The van der Waals surface area contributed by atoms with Crippen molar-refractivity contribution >= 4 is 15.9 Å². The van der Waals surface area contributed by atoms with E-state index in [0.29, 0.717) is 5.56 Å². The van der Waals surface area contributed by atoms with Crippen LogP contribution in [0.5, 0.6) is 0 Å². The van der Waals surface area contributed by atoms with Gasteiger partial charge >= 0.3 is 6.18 Å². The highest BCUT2D eigenvalue weighted by Crippen LogP contribution is 2.18. The minimum Gasteiger partial charge on any atom is -0.343 e. The summed E-state index contributed by atoms with van der Waals surface area (Å²) < 4.78 is 75.2. The summed E-state index contributed by atoms with van der Waals surface area (Å²) in [4.78, 5) is 11.6. The van der Waals surface area contributed by atoms with Crippen molar-refractivity contribution in [2.45, 2.75) is 17.6 Å². The molecule has 5 nitrogen and oxygen atoms in total. The fourth-order valence-electron chi connectivity index (χ4n) is 2.17. The zero-order chi connectivity index (χ0) is 20.2. The molecule has 0 spiro atoms. The molecule has 0 aromatic heterocycles. The molecule has 2 rings (SSSR count). The normalized spacial score (nSPS) is 12.2. The Balaban J connectivity index is 2.05. The van der Waals surface area contributed by atoms with Crippen LogP contribution in [0.15, 0.2) is 53.4 Å². The zero-order valence-corrected chi connectivity index (χ0v) is 14.9. The van der Waals surface area contributed by atoms with Crippen molar-refractivity contribution in [3.05, 3.63) is 65.5 Å². The molecule has 0 radical (unpaired) electrons. The number of nitrogens with one attached hydrogen (secondary N) is 1. The zero-order valence-electron chi connectivity index (χ0n) is 14.1. The van der Waals surface area contributed by atoms with Crippen LogP contribution < -0.4 is 5.32 Å². The van der Waals surface area contributed by atoms with Crippen molar-refractivity contribution in [1.29, 1.82) is 0 Å². The molecule has 0 heterocycles. The lowest BCUT2D eigenvalue weighted by Gasteiger charge is -2.17. The molecule has 146 valence electrons. The molecule has 0 aliphatic heterocycles. The van der Waals surface area contributed by atoms with Crippen molar-refractivity contribution < 1.29 is 30.8 Å². The fourth-order valence-corrected chi connectivity index (χ4v) is 3.33. The second-order valence-electron chi connectivity index (χ2n) is 5.71. The van der Waals surface area contributed by atoms with Gasteiger partial charge in [-0.15, -0.1) is 0 Å². The molecule has 0 unspecified atom stereocenters. The van der Waals surface area contributed by atoms with Crippen LogP contribution in [0.1, 0.15) is 15.9 Å². The SMILES string of the molecule is CN(Cc1ccc(C(=O)NCC(F)(F)F)cc1)S(=O)(=O)c1ccc(F)cc1. The first-order chi connectivity index (χ1) is 12.5. The number of nitrogens with zero attached hydrogens (tertiary/aromatic N) is 1. The Hall–Kier alpha value is -2.46. The molecule has 0 saturated heterocycles. The van der Waals surface area contributed by atoms with Crippen molar-refractivity contribution in [1.82, 2.24) is 9.62 Å². The van der Waals surface area contributed by atoms with E-state index < -0.39 is 34.5 Å². The van der Waals surface area contributed by atoms with Gasteiger partial charge in [0.25, 0.3) is 5.91 Å². The smallest absolute Gasteiger partial charge is 0.343 e. The number of benzene rings is 2. The van der Waals surface area contributed by atoms with Gasteiger partial charge in [-0.1, -0.05) is 12.1 Å². The summed E-state index contributed by atoms with van der Waals surface area (Å²) in [5, 5.41) is 1.75. The first kappa shape index (κ1) is 20.8. The number of halogens is 4. The van der Waals surface area contributed by atoms with Gasteiger partial charge in [-0.25, -0.2) is 12.8 Å². The number of carbonyl (C=O) groups is 1. The molecule has 0 atom stereocenters. The van der Waals surface area contributed by atoms with E-state index in [-0.39, 0.29) is 17.0 Å². The van der Waals surface area contributed by atoms with E-state index in [0.717, 1.165) is 28.6 Å². The Morgan fingerprint density at radius 3 is 2.11 bits per heavy atom. The van der Waals surface area contributed by atoms with Gasteiger partial charge < -0.3 is 5.32 Å². The van der Waals surface area contributed by atoms with Gasteiger partial charge in [-0.05, 0) is 42.0 Å². The summed E-state index contributed by atoms with van der Waals surface area (Å²) in [6.07, 6.45) is -4.51. The lowest BCUT2D eigenvalue weighted by molar-refractivity contribution is -0.123. The number of sulfonamides is 1. The van der Waals surface area contributed by atoms with E-state index in [9.17, 15) is 30.8 Å². The molecular formula is C17H16F4N2O3S. The third-order valence-corrected chi connectivity index (χ3v) is 5.41. The predicted octanol–water partition coefficient (Wildman–Crippen LogP) is 2.94. The number of hydrogen-bond acceptors (Lipinski definition) is 3. The van der Waals surface area contributed by atoms with E-state index in [1.807, 2.05) is 0 Å². The van der Waals surface area contributed by atoms with Crippen LogP contribution in [0.2, 0.25) is 0 Å². The predicted molar refractivity (Wildman–Crippen MR) is 89.9 cm³/mol. The Morgan fingerprint density at radius 2 is 1.59 bits per heavy atom. The van der Waals surface area contributed by atoms with Crippen molar-refractivity contribution in [3.63, 3.8) is 0 Å². The molecular weight excluding hydrogens is 388 g/mol. The van der Waals surface area contributed by atoms with E-state index in [2.05, 4.69) is 0 Å². The third kappa shape index (κ3) is 5.76. The van der Waals surface area contributed by atoms with Gasteiger partial charge in [0.05, 0.1) is 4.90 Å². The van der Waals surface area contributed by atoms with E-state index in [1.54, 1.807) is 5.32 Å².